The summed E-state index contributed by atoms with van der Waals surface area (Å²) >= 11 is 0. The van der Waals surface area contributed by atoms with Crippen LogP contribution >= 0.6 is 0 Å². The Labute approximate surface area is 162 Å². The second-order valence-corrected chi connectivity index (χ2v) is 9.13. The summed E-state index contributed by atoms with van der Waals surface area (Å²) in [4.78, 5) is 2.54. The first-order chi connectivity index (χ1) is 12.8. The van der Waals surface area contributed by atoms with Gasteiger partial charge in [-0.3, -0.25) is 0 Å². The molecule has 2 aromatic rings. The maximum absolute atomic E-state index is 13.2. The highest BCUT2D eigenvalue weighted by molar-refractivity contribution is 7.89. The molecule has 1 aliphatic rings. The van der Waals surface area contributed by atoms with Crippen molar-refractivity contribution in [3.8, 4) is 5.75 Å². The molecule has 1 fully saturated rings. The predicted molar refractivity (Wildman–Crippen MR) is 109 cm³/mol. The number of piperazine rings is 1. The van der Waals surface area contributed by atoms with Crippen molar-refractivity contribution in [3.05, 3.63) is 52.6 Å². The van der Waals surface area contributed by atoms with Gasteiger partial charge in [0.05, 0.1) is 7.11 Å². The van der Waals surface area contributed by atoms with Crippen LogP contribution in [-0.2, 0) is 10.0 Å². The number of anilines is 1. The van der Waals surface area contributed by atoms with Gasteiger partial charge in [-0.2, -0.15) is 4.31 Å². The Hall–Kier alpha value is -2.05. The number of rotatable bonds is 4. The minimum absolute atomic E-state index is 0.258. The van der Waals surface area contributed by atoms with Crippen molar-refractivity contribution in [1.82, 2.24) is 4.31 Å². The van der Waals surface area contributed by atoms with Gasteiger partial charge in [-0.05, 0) is 62.1 Å². The Kier molecular flexibility index (Phi) is 5.49. The summed E-state index contributed by atoms with van der Waals surface area (Å²) in [5.74, 6) is 0.412. The summed E-state index contributed by atoms with van der Waals surface area (Å²) in [5, 5.41) is 0. The first-order valence-electron chi connectivity index (χ1n) is 9.22. The van der Waals surface area contributed by atoms with E-state index in [0.717, 1.165) is 11.1 Å². The summed E-state index contributed by atoms with van der Waals surface area (Å²) in [6, 6.07) is 9.79. The van der Waals surface area contributed by atoms with Crippen molar-refractivity contribution in [2.75, 3.05) is 38.2 Å². The quantitative estimate of drug-likeness (QED) is 0.805. The van der Waals surface area contributed by atoms with Gasteiger partial charge >= 0.3 is 0 Å². The highest BCUT2D eigenvalue weighted by Crippen LogP contribution is 2.31. The molecule has 1 saturated heterocycles. The van der Waals surface area contributed by atoms with Gasteiger partial charge in [0.25, 0.3) is 0 Å². The third kappa shape index (κ3) is 3.69. The van der Waals surface area contributed by atoms with Gasteiger partial charge in [-0.1, -0.05) is 18.2 Å². The third-order valence-electron chi connectivity index (χ3n) is 5.39. The number of benzene rings is 2. The van der Waals surface area contributed by atoms with Crippen molar-refractivity contribution in [2.24, 2.45) is 0 Å². The summed E-state index contributed by atoms with van der Waals surface area (Å²) in [7, 11) is -2.07. The van der Waals surface area contributed by atoms with E-state index in [1.165, 1.54) is 23.9 Å². The molecule has 0 spiro atoms. The normalized spacial score (nSPS) is 15.8. The Bertz CT molecular complexity index is 926. The number of aryl methyl sites for hydroxylation is 4. The average molecular weight is 389 g/mol. The molecule has 6 heteroatoms. The van der Waals surface area contributed by atoms with Crippen molar-refractivity contribution < 1.29 is 13.2 Å². The van der Waals surface area contributed by atoms with Gasteiger partial charge in [-0.25, -0.2) is 8.42 Å². The summed E-state index contributed by atoms with van der Waals surface area (Å²) in [5.41, 5.74) is 5.64. The topological polar surface area (TPSA) is 49.9 Å². The number of methoxy groups -OCH3 is 1. The molecule has 0 saturated carbocycles. The SMILES string of the molecule is COc1cc(C)c(C)cc1S(=O)(=O)N1CCN(c2c(C)cccc2C)CC1. The fourth-order valence-electron chi connectivity index (χ4n) is 3.72. The van der Waals surface area contributed by atoms with Gasteiger partial charge in [0.15, 0.2) is 0 Å². The predicted octanol–water partition coefficient (Wildman–Crippen LogP) is 3.44. The zero-order valence-electron chi connectivity index (χ0n) is 16.7. The molecule has 0 bridgehead atoms. The number of nitrogens with zero attached hydrogens (tertiary/aromatic N) is 2. The van der Waals surface area contributed by atoms with E-state index < -0.39 is 10.0 Å². The molecule has 0 N–H and O–H groups in total. The zero-order chi connectivity index (χ0) is 19.8. The molecule has 0 aromatic heterocycles. The lowest BCUT2D eigenvalue weighted by atomic mass is 10.1. The molecule has 0 radical (unpaired) electrons. The van der Waals surface area contributed by atoms with Gasteiger partial charge in [0.2, 0.25) is 10.0 Å². The Balaban J connectivity index is 1.85. The lowest BCUT2D eigenvalue weighted by Gasteiger charge is -2.37. The minimum atomic E-state index is -3.59. The molecular weight excluding hydrogens is 360 g/mol. The van der Waals surface area contributed by atoms with Crippen LogP contribution in [0.3, 0.4) is 0 Å². The largest absolute Gasteiger partial charge is 0.495 e. The molecule has 1 aliphatic heterocycles. The van der Waals surface area contributed by atoms with Crippen LogP contribution in [0, 0.1) is 27.7 Å². The average Bonchev–Trinajstić information content (AvgIpc) is 2.64. The maximum atomic E-state index is 13.2. The van der Waals surface area contributed by atoms with Crippen molar-refractivity contribution in [1.29, 1.82) is 0 Å². The Morgan fingerprint density at radius 1 is 0.852 bits per heavy atom. The number of para-hydroxylation sites is 1. The molecule has 0 amide bonds. The molecule has 1 heterocycles. The van der Waals surface area contributed by atoms with Gasteiger partial charge in [0.1, 0.15) is 10.6 Å². The van der Waals surface area contributed by atoms with E-state index >= 15 is 0 Å². The van der Waals surface area contributed by atoms with Crippen LogP contribution in [0.2, 0.25) is 0 Å². The molecule has 0 aliphatic carbocycles. The number of ether oxygens (including phenoxy) is 1. The Morgan fingerprint density at radius 3 is 1.96 bits per heavy atom. The van der Waals surface area contributed by atoms with E-state index in [9.17, 15) is 8.42 Å². The van der Waals surface area contributed by atoms with Crippen LogP contribution in [-0.4, -0.2) is 46.0 Å². The molecule has 0 unspecified atom stereocenters. The van der Waals surface area contributed by atoms with Crippen LogP contribution in [0.5, 0.6) is 5.75 Å². The standard InChI is InChI=1S/C21H28N2O3S/c1-15-7-6-8-16(2)21(15)22-9-11-23(12-10-22)27(24,25)20-14-18(4)17(3)13-19(20)26-5/h6-8,13-14H,9-12H2,1-5H3. The number of hydrogen-bond donors (Lipinski definition) is 0. The Morgan fingerprint density at radius 2 is 1.41 bits per heavy atom. The smallest absolute Gasteiger partial charge is 0.246 e. The van der Waals surface area contributed by atoms with E-state index in [1.54, 1.807) is 16.4 Å². The van der Waals surface area contributed by atoms with E-state index in [0.29, 0.717) is 31.9 Å². The molecule has 27 heavy (non-hydrogen) atoms. The fourth-order valence-corrected chi connectivity index (χ4v) is 5.36. The van der Waals surface area contributed by atoms with Crippen LogP contribution in [0.25, 0.3) is 0 Å². The lowest BCUT2D eigenvalue weighted by molar-refractivity contribution is 0.374. The van der Waals surface area contributed by atoms with Crippen LogP contribution in [0.15, 0.2) is 35.2 Å². The lowest BCUT2D eigenvalue weighted by Crippen LogP contribution is -2.49. The highest BCUT2D eigenvalue weighted by atomic mass is 32.2. The summed E-state index contributed by atoms with van der Waals surface area (Å²) in [6.45, 7) is 10.4. The van der Waals surface area contributed by atoms with Crippen LogP contribution in [0.4, 0.5) is 5.69 Å². The van der Waals surface area contributed by atoms with Gasteiger partial charge in [0, 0.05) is 31.9 Å². The van der Waals surface area contributed by atoms with E-state index in [1.807, 2.05) is 13.8 Å². The second-order valence-electron chi connectivity index (χ2n) is 7.22. The zero-order valence-corrected chi connectivity index (χ0v) is 17.6. The first kappa shape index (κ1) is 19.7. The fraction of sp³-hybridized carbons (Fsp3) is 0.429. The molecule has 146 valence electrons. The molecule has 5 nitrogen and oxygen atoms in total. The van der Waals surface area contributed by atoms with E-state index in [2.05, 4.69) is 36.9 Å². The van der Waals surface area contributed by atoms with E-state index in [4.69, 9.17) is 4.74 Å². The van der Waals surface area contributed by atoms with Gasteiger partial charge in [-0.15, -0.1) is 0 Å². The maximum Gasteiger partial charge on any atom is 0.246 e. The van der Waals surface area contributed by atoms with Crippen LogP contribution < -0.4 is 9.64 Å². The summed E-state index contributed by atoms with van der Waals surface area (Å²) < 4.78 is 33.4. The first-order valence-corrected chi connectivity index (χ1v) is 10.7. The van der Waals surface area contributed by atoms with Crippen molar-refractivity contribution in [2.45, 2.75) is 32.6 Å². The van der Waals surface area contributed by atoms with Crippen molar-refractivity contribution in [3.63, 3.8) is 0 Å². The third-order valence-corrected chi connectivity index (χ3v) is 7.31. The molecule has 0 atom stereocenters. The summed E-state index contributed by atoms with van der Waals surface area (Å²) in [6.07, 6.45) is 0. The highest BCUT2D eigenvalue weighted by Gasteiger charge is 2.31. The monoisotopic (exact) mass is 388 g/mol. The number of sulfonamides is 1. The van der Waals surface area contributed by atoms with Crippen molar-refractivity contribution >= 4 is 15.7 Å². The molecular formula is C21H28N2O3S. The second kappa shape index (κ2) is 7.52. The number of hydrogen-bond acceptors (Lipinski definition) is 4. The molecule has 3 rings (SSSR count). The minimum Gasteiger partial charge on any atom is -0.495 e. The van der Waals surface area contributed by atoms with E-state index in [-0.39, 0.29) is 4.90 Å². The van der Waals surface area contributed by atoms with Crippen LogP contribution in [0.1, 0.15) is 22.3 Å². The van der Waals surface area contributed by atoms with Gasteiger partial charge < -0.3 is 9.64 Å². The molecule has 2 aromatic carbocycles.